The van der Waals surface area contributed by atoms with Crippen LogP contribution in [-0.4, -0.2) is 18.2 Å². The number of ether oxygens (including phenoxy) is 1. The van der Waals surface area contributed by atoms with Gasteiger partial charge in [-0.1, -0.05) is 6.07 Å². The Labute approximate surface area is 108 Å². The molecule has 3 nitrogen and oxygen atoms in total. The highest BCUT2D eigenvalue weighted by molar-refractivity contribution is 5.73. The van der Waals surface area contributed by atoms with Gasteiger partial charge in [0.25, 0.3) is 0 Å². The second-order valence-electron chi connectivity index (χ2n) is 3.74. The minimum Gasteiger partial charge on any atom is -0.507 e. The lowest BCUT2D eigenvalue weighted by atomic mass is 9.99. The zero-order valence-corrected chi connectivity index (χ0v) is 9.89. The standard InChI is InChI=1S/C11H8F6O3/c1-20-7(18)4-5-2-3-6(10(12,13)14)9(19)8(5)11(15,16)17/h2-3,19H,4H2,1H3. The molecular formula is C11H8F6O3. The van der Waals surface area contributed by atoms with Crippen molar-refractivity contribution in [3.8, 4) is 5.75 Å². The molecule has 0 heterocycles. The highest BCUT2D eigenvalue weighted by atomic mass is 19.4. The number of methoxy groups -OCH3 is 1. The van der Waals surface area contributed by atoms with Crippen molar-refractivity contribution in [2.24, 2.45) is 0 Å². The summed E-state index contributed by atoms with van der Waals surface area (Å²) in [6, 6.07) is 0.769. The Morgan fingerprint density at radius 1 is 1.15 bits per heavy atom. The summed E-state index contributed by atoms with van der Waals surface area (Å²) in [7, 11) is 0.916. The van der Waals surface area contributed by atoms with E-state index in [2.05, 4.69) is 4.74 Å². The van der Waals surface area contributed by atoms with Crippen molar-refractivity contribution in [1.82, 2.24) is 0 Å². The summed E-state index contributed by atoms with van der Waals surface area (Å²) < 4.78 is 79.8. The summed E-state index contributed by atoms with van der Waals surface area (Å²) in [5, 5.41) is 9.23. The van der Waals surface area contributed by atoms with Gasteiger partial charge in [0.15, 0.2) is 0 Å². The van der Waals surface area contributed by atoms with Crippen LogP contribution in [0.2, 0.25) is 0 Å². The summed E-state index contributed by atoms with van der Waals surface area (Å²) in [6.45, 7) is 0. The third-order valence-electron chi connectivity index (χ3n) is 2.42. The van der Waals surface area contributed by atoms with Crippen LogP contribution in [0.3, 0.4) is 0 Å². The molecule has 1 rings (SSSR count). The second-order valence-corrected chi connectivity index (χ2v) is 3.74. The number of rotatable bonds is 2. The number of hydrogen-bond acceptors (Lipinski definition) is 3. The minimum absolute atomic E-state index is 0.281. The van der Waals surface area contributed by atoms with Gasteiger partial charge in [0, 0.05) is 0 Å². The van der Waals surface area contributed by atoms with E-state index in [1.165, 1.54) is 0 Å². The number of hydrogen-bond donors (Lipinski definition) is 1. The first-order chi connectivity index (χ1) is 8.98. The molecule has 0 fully saturated rings. The minimum atomic E-state index is -5.24. The number of phenolic OH excluding ortho intramolecular Hbond substituents is 1. The van der Waals surface area contributed by atoms with Crippen LogP contribution in [-0.2, 0) is 28.3 Å². The quantitative estimate of drug-likeness (QED) is 0.674. The van der Waals surface area contributed by atoms with E-state index >= 15 is 0 Å². The Balaban J connectivity index is 3.49. The normalized spacial score (nSPS) is 12.3. The lowest BCUT2D eigenvalue weighted by Gasteiger charge is -2.17. The van der Waals surface area contributed by atoms with E-state index in [4.69, 9.17) is 0 Å². The number of halogens is 6. The Morgan fingerprint density at radius 3 is 2.10 bits per heavy atom. The molecule has 0 aliphatic carbocycles. The fraction of sp³-hybridized carbons (Fsp3) is 0.364. The van der Waals surface area contributed by atoms with Crippen LogP contribution in [0.4, 0.5) is 26.3 Å². The summed E-state index contributed by atoms with van der Waals surface area (Å²) in [4.78, 5) is 11.0. The van der Waals surface area contributed by atoms with E-state index in [0.29, 0.717) is 6.07 Å². The van der Waals surface area contributed by atoms with Gasteiger partial charge in [-0.15, -0.1) is 0 Å². The van der Waals surface area contributed by atoms with Gasteiger partial charge in [0.05, 0.1) is 19.1 Å². The second kappa shape index (κ2) is 5.22. The summed E-state index contributed by atoms with van der Waals surface area (Å²) in [5.41, 5.74) is -4.51. The van der Waals surface area contributed by atoms with Crippen molar-refractivity contribution in [3.63, 3.8) is 0 Å². The number of benzene rings is 1. The van der Waals surface area contributed by atoms with Crippen LogP contribution < -0.4 is 0 Å². The Bertz CT molecular complexity index is 518. The SMILES string of the molecule is COC(=O)Cc1ccc(C(F)(F)F)c(O)c1C(F)(F)F. The van der Waals surface area contributed by atoms with Crippen molar-refractivity contribution < 1.29 is 41.0 Å². The largest absolute Gasteiger partial charge is 0.507 e. The molecule has 112 valence electrons. The molecule has 0 spiro atoms. The molecule has 1 N–H and O–H groups in total. The number of carbonyl (C=O) groups is 1. The maximum atomic E-state index is 12.8. The summed E-state index contributed by atoms with van der Waals surface area (Å²) >= 11 is 0. The Kier molecular flexibility index (Phi) is 4.21. The van der Waals surface area contributed by atoms with Crippen LogP contribution in [0, 0.1) is 0 Å². The molecule has 0 amide bonds. The zero-order chi connectivity index (χ0) is 15.7. The third kappa shape index (κ3) is 3.34. The molecule has 1 aromatic rings. The highest BCUT2D eigenvalue weighted by Crippen LogP contribution is 2.45. The highest BCUT2D eigenvalue weighted by Gasteiger charge is 2.43. The Hall–Kier alpha value is -1.93. The van der Waals surface area contributed by atoms with Crippen molar-refractivity contribution in [1.29, 1.82) is 0 Å². The van der Waals surface area contributed by atoms with Crippen molar-refractivity contribution in [2.75, 3.05) is 7.11 Å². The molecule has 0 aliphatic rings. The van der Waals surface area contributed by atoms with Crippen molar-refractivity contribution in [2.45, 2.75) is 18.8 Å². The molecule has 0 aromatic heterocycles. The van der Waals surface area contributed by atoms with Gasteiger partial charge in [0.2, 0.25) is 0 Å². The van der Waals surface area contributed by atoms with Gasteiger partial charge in [-0.05, 0) is 11.6 Å². The molecule has 20 heavy (non-hydrogen) atoms. The van der Waals surface area contributed by atoms with Crippen LogP contribution in [0.1, 0.15) is 16.7 Å². The Morgan fingerprint density at radius 2 is 1.70 bits per heavy atom. The van der Waals surface area contributed by atoms with Gasteiger partial charge in [-0.2, -0.15) is 26.3 Å². The fourth-order valence-corrected chi connectivity index (χ4v) is 1.55. The van der Waals surface area contributed by atoms with Crippen molar-refractivity contribution in [3.05, 3.63) is 28.8 Å². The number of aromatic hydroxyl groups is 1. The van der Waals surface area contributed by atoms with Gasteiger partial charge in [0.1, 0.15) is 11.3 Å². The number of esters is 1. The van der Waals surface area contributed by atoms with Crippen LogP contribution in [0.25, 0.3) is 0 Å². The van der Waals surface area contributed by atoms with E-state index in [1.54, 1.807) is 0 Å². The average Bonchev–Trinajstić information content (AvgIpc) is 2.25. The number of alkyl halides is 6. The molecule has 9 heteroatoms. The van der Waals surface area contributed by atoms with Crippen LogP contribution in [0.5, 0.6) is 5.75 Å². The van der Waals surface area contributed by atoms with Gasteiger partial charge in [-0.25, -0.2) is 0 Å². The predicted octanol–water partition coefficient (Wildman–Crippen LogP) is 3.15. The van der Waals surface area contributed by atoms with E-state index in [0.717, 1.165) is 7.11 Å². The van der Waals surface area contributed by atoms with E-state index in [9.17, 15) is 36.2 Å². The lowest BCUT2D eigenvalue weighted by Crippen LogP contribution is -2.16. The van der Waals surface area contributed by atoms with E-state index < -0.39 is 47.2 Å². The summed E-state index contributed by atoms with van der Waals surface area (Å²) in [5.74, 6) is -3.03. The maximum absolute atomic E-state index is 12.8. The molecule has 0 bridgehead atoms. The zero-order valence-electron chi connectivity index (χ0n) is 9.89. The summed E-state index contributed by atoms with van der Waals surface area (Å²) in [6.07, 6.45) is -11.3. The average molecular weight is 302 g/mol. The lowest BCUT2D eigenvalue weighted by molar-refractivity contribution is -0.146. The first kappa shape index (κ1) is 16.1. The van der Waals surface area contributed by atoms with Gasteiger partial charge >= 0.3 is 18.3 Å². The van der Waals surface area contributed by atoms with Crippen LogP contribution >= 0.6 is 0 Å². The third-order valence-corrected chi connectivity index (χ3v) is 2.42. The smallest absolute Gasteiger partial charge is 0.420 e. The molecule has 1 aromatic carbocycles. The van der Waals surface area contributed by atoms with Crippen LogP contribution in [0.15, 0.2) is 12.1 Å². The molecule has 0 saturated carbocycles. The number of carbonyl (C=O) groups excluding carboxylic acids is 1. The first-order valence-corrected chi connectivity index (χ1v) is 5.04. The molecular weight excluding hydrogens is 294 g/mol. The van der Waals surface area contributed by atoms with E-state index in [-0.39, 0.29) is 6.07 Å². The topological polar surface area (TPSA) is 46.5 Å². The number of phenols is 1. The monoisotopic (exact) mass is 302 g/mol. The predicted molar refractivity (Wildman–Crippen MR) is 53.8 cm³/mol. The first-order valence-electron chi connectivity index (χ1n) is 5.04. The molecule has 0 aliphatic heterocycles. The maximum Gasteiger partial charge on any atom is 0.420 e. The van der Waals surface area contributed by atoms with Gasteiger partial charge < -0.3 is 9.84 Å². The molecule has 0 radical (unpaired) electrons. The van der Waals surface area contributed by atoms with Crippen molar-refractivity contribution >= 4 is 5.97 Å². The molecule has 0 atom stereocenters. The fourth-order valence-electron chi connectivity index (χ4n) is 1.55. The van der Waals surface area contributed by atoms with Gasteiger partial charge in [-0.3, -0.25) is 4.79 Å². The molecule has 0 unspecified atom stereocenters. The molecule has 0 saturated heterocycles. The van der Waals surface area contributed by atoms with E-state index in [1.807, 2.05) is 0 Å².